The van der Waals surface area contributed by atoms with Crippen LogP contribution in [0.5, 0.6) is 5.75 Å². The lowest BCUT2D eigenvalue weighted by Crippen LogP contribution is -2.25. The van der Waals surface area contributed by atoms with Crippen LogP contribution >= 0.6 is 0 Å². The molecule has 3 rings (SSSR count). The molecule has 6 nitrogen and oxygen atoms in total. The third-order valence-corrected chi connectivity index (χ3v) is 3.26. The summed E-state index contributed by atoms with van der Waals surface area (Å²) in [5.74, 6) is 0.131. The van der Waals surface area contributed by atoms with E-state index in [4.69, 9.17) is 16.2 Å². The second kappa shape index (κ2) is 4.01. The Bertz CT molecular complexity index is 711. The zero-order valence-corrected chi connectivity index (χ0v) is 10.5. The SMILES string of the molecule is Cc1ccc2c3c1cc(C(=O)N=C(N)N)n3CCO2. The summed E-state index contributed by atoms with van der Waals surface area (Å²) in [7, 11) is 0. The van der Waals surface area contributed by atoms with E-state index in [1.165, 1.54) is 0 Å². The van der Waals surface area contributed by atoms with Gasteiger partial charge in [0.2, 0.25) is 0 Å². The fourth-order valence-corrected chi connectivity index (χ4v) is 2.43. The molecule has 0 spiro atoms. The molecule has 2 heterocycles. The average Bonchev–Trinajstić information content (AvgIpc) is 2.75. The zero-order chi connectivity index (χ0) is 13.6. The number of carbonyl (C=O) groups excluding carboxylic acids is 1. The molecule has 6 heteroatoms. The number of hydrogen-bond acceptors (Lipinski definition) is 2. The van der Waals surface area contributed by atoms with Gasteiger partial charge in [0.25, 0.3) is 5.91 Å². The largest absolute Gasteiger partial charge is 0.490 e. The fourth-order valence-electron chi connectivity index (χ4n) is 2.43. The van der Waals surface area contributed by atoms with Crippen LogP contribution in [-0.2, 0) is 6.54 Å². The molecule has 0 aliphatic carbocycles. The van der Waals surface area contributed by atoms with E-state index in [9.17, 15) is 4.79 Å². The van der Waals surface area contributed by atoms with Crippen molar-refractivity contribution in [2.24, 2.45) is 16.5 Å². The number of carbonyl (C=O) groups is 1. The molecule has 1 aromatic heterocycles. The van der Waals surface area contributed by atoms with E-state index in [-0.39, 0.29) is 5.96 Å². The number of nitrogens with zero attached hydrogens (tertiary/aromatic N) is 2. The number of guanidine groups is 1. The van der Waals surface area contributed by atoms with Crippen LogP contribution in [0.2, 0.25) is 0 Å². The number of aromatic nitrogens is 1. The highest BCUT2D eigenvalue weighted by molar-refractivity contribution is 6.05. The highest BCUT2D eigenvalue weighted by Gasteiger charge is 2.22. The second-order valence-electron chi connectivity index (χ2n) is 4.51. The van der Waals surface area contributed by atoms with Crippen LogP contribution in [0.1, 0.15) is 16.1 Å². The van der Waals surface area contributed by atoms with Crippen molar-refractivity contribution < 1.29 is 9.53 Å². The number of nitrogens with two attached hydrogens (primary N) is 2. The molecular weight excluding hydrogens is 244 g/mol. The smallest absolute Gasteiger partial charge is 0.296 e. The molecule has 0 radical (unpaired) electrons. The fraction of sp³-hybridized carbons (Fsp3) is 0.231. The number of aliphatic imine (C=N–C) groups is 1. The first-order chi connectivity index (χ1) is 9.08. The predicted molar refractivity (Wildman–Crippen MR) is 72.3 cm³/mol. The predicted octanol–water partition coefficient (Wildman–Crippen LogP) is 0.756. The van der Waals surface area contributed by atoms with Gasteiger partial charge in [-0.2, -0.15) is 4.99 Å². The molecule has 0 saturated heterocycles. The Kier molecular flexibility index (Phi) is 2.45. The van der Waals surface area contributed by atoms with Crippen molar-refractivity contribution in [1.29, 1.82) is 0 Å². The molecule has 0 saturated carbocycles. The second-order valence-corrected chi connectivity index (χ2v) is 4.51. The van der Waals surface area contributed by atoms with Gasteiger partial charge in [-0.05, 0) is 24.6 Å². The van der Waals surface area contributed by atoms with Gasteiger partial charge in [-0.15, -0.1) is 0 Å². The summed E-state index contributed by atoms with van der Waals surface area (Å²) in [5.41, 5.74) is 13.0. The van der Waals surface area contributed by atoms with Gasteiger partial charge in [0.15, 0.2) is 5.96 Å². The molecule has 0 bridgehead atoms. The maximum absolute atomic E-state index is 12.0. The molecule has 0 unspecified atom stereocenters. The van der Waals surface area contributed by atoms with Crippen LogP contribution in [0.25, 0.3) is 10.9 Å². The third-order valence-electron chi connectivity index (χ3n) is 3.26. The Hall–Kier alpha value is -2.50. The third kappa shape index (κ3) is 1.72. The van der Waals surface area contributed by atoms with E-state index in [0.29, 0.717) is 18.8 Å². The van der Waals surface area contributed by atoms with E-state index in [2.05, 4.69) is 4.99 Å². The molecule has 1 aliphatic rings. The van der Waals surface area contributed by atoms with Gasteiger partial charge in [0, 0.05) is 5.39 Å². The van der Waals surface area contributed by atoms with Crippen molar-refractivity contribution in [2.75, 3.05) is 6.61 Å². The van der Waals surface area contributed by atoms with Crippen molar-refractivity contribution in [3.05, 3.63) is 29.5 Å². The Morgan fingerprint density at radius 1 is 1.42 bits per heavy atom. The molecule has 98 valence electrons. The summed E-state index contributed by atoms with van der Waals surface area (Å²) in [6.07, 6.45) is 0. The van der Waals surface area contributed by atoms with Crippen LogP contribution in [-0.4, -0.2) is 23.0 Å². The highest BCUT2D eigenvalue weighted by Crippen LogP contribution is 2.34. The maximum atomic E-state index is 12.0. The molecule has 1 amide bonds. The molecule has 1 aromatic carbocycles. The van der Waals surface area contributed by atoms with Gasteiger partial charge in [-0.25, -0.2) is 0 Å². The topological polar surface area (TPSA) is 95.6 Å². The van der Waals surface area contributed by atoms with Crippen molar-refractivity contribution in [1.82, 2.24) is 4.57 Å². The molecule has 2 aromatic rings. The maximum Gasteiger partial charge on any atom is 0.296 e. The van der Waals surface area contributed by atoms with E-state index >= 15 is 0 Å². The molecule has 4 N–H and O–H groups in total. The molecule has 0 fully saturated rings. The minimum Gasteiger partial charge on any atom is -0.490 e. The summed E-state index contributed by atoms with van der Waals surface area (Å²) < 4.78 is 7.52. The number of rotatable bonds is 1. The minimum absolute atomic E-state index is 0.230. The van der Waals surface area contributed by atoms with Crippen molar-refractivity contribution in [2.45, 2.75) is 13.5 Å². The standard InChI is InChI=1S/C13H14N4O2/c1-7-2-3-10-11-8(7)6-9(12(18)16-13(14)15)17(11)4-5-19-10/h2-3,6H,4-5H2,1H3,(H4,14,15,16,18). The first-order valence-corrected chi connectivity index (χ1v) is 5.97. The monoisotopic (exact) mass is 258 g/mol. The van der Waals surface area contributed by atoms with Gasteiger partial charge in [0.1, 0.15) is 18.1 Å². The van der Waals surface area contributed by atoms with Crippen LogP contribution in [0.4, 0.5) is 0 Å². The summed E-state index contributed by atoms with van der Waals surface area (Å²) in [5, 5.41) is 0.992. The Morgan fingerprint density at radius 3 is 2.95 bits per heavy atom. The van der Waals surface area contributed by atoms with E-state index in [1.807, 2.05) is 29.7 Å². The van der Waals surface area contributed by atoms with Gasteiger partial charge < -0.3 is 20.8 Å². The van der Waals surface area contributed by atoms with Crippen molar-refractivity contribution >= 4 is 22.8 Å². The number of hydrogen-bond donors (Lipinski definition) is 2. The van der Waals surface area contributed by atoms with Crippen LogP contribution in [0, 0.1) is 6.92 Å². The van der Waals surface area contributed by atoms with Crippen LogP contribution < -0.4 is 16.2 Å². The van der Waals surface area contributed by atoms with Gasteiger partial charge in [-0.1, -0.05) is 6.07 Å². The first kappa shape index (κ1) is 11.6. The van der Waals surface area contributed by atoms with Gasteiger partial charge in [0.05, 0.1) is 12.1 Å². The Labute approximate surface area is 109 Å². The van der Waals surface area contributed by atoms with Crippen molar-refractivity contribution in [3.8, 4) is 5.75 Å². The molecule has 1 aliphatic heterocycles. The van der Waals surface area contributed by atoms with Crippen LogP contribution in [0.15, 0.2) is 23.2 Å². The summed E-state index contributed by atoms with van der Waals surface area (Å²) >= 11 is 0. The lowest BCUT2D eigenvalue weighted by Gasteiger charge is -2.18. The Balaban J connectivity index is 2.28. The summed E-state index contributed by atoms with van der Waals surface area (Å²) in [6.45, 7) is 3.13. The first-order valence-electron chi connectivity index (χ1n) is 5.97. The van der Waals surface area contributed by atoms with E-state index < -0.39 is 5.91 Å². The molecular formula is C13H14N4O2. The molecule has 0 atom stereocenters. The minimum atomic E-state index is -0.427. The number of benzene rings is 1. The van der Waals surface area contributed by atoms with E-state index in [1.54, 1.807) is 0 Å². The number of amides is 1. The van der Waals surface area contributed by atoms with Gasteiger partial charge in [-0.3, -0.25) is 4.79 Å². The number of aryl methyl sites for hydroxylation is 1. The van der Waals surface area contributed by atoms with Gasteiger partial charge >= 0.3 is 0 Å². The van der Waals surface area contributed by atoms with Crippen molar-refractivity contribution in [3.63, 3.8) is 0 Å². The lowest BCUT2D eigenvalue weighted by atomic mass is 10.1. The highest BCUT2D eigenvalue weighted by atomic mass is 16.5. The van der Waals surface area contributed by atoms with Crippen LogP contribution in [0.3, 0.4) is 0 Å². The zero-order valence-electron chi connectivity index (χ0n) is 10.5. The normalized spacial score (nSPS) is 13.1. The Morgan fingerprint density at radius 2 is 2.21 bits per heavy atom. The lowest BCUT2D eigenvalue weighted by molar-refractivity contribution is 0.0992. The summed E-state index contributed by atoms with van der Waals surface area (Å²) in [4.78, 5) is 15.6. The van der Waals surface area contributed by atoms with E-state index in [0.717, 1.165) is 22.2 Å². The average molecular weight is 258 g/mol. The molecule has 19 heavy (non-hydrogen) atoms. The summed E-state index contributed by atoms with van der Waals surface area (Å²) in [6, 6.07) is 5.71. The number of ether oxygens (including phenoxy) is 1. The quantitative estimate of drug-likeness (QED) is 0.583.